The number of carbonyl (C=O) groups excluding carboxylic acids is 1. The fourth-order valence-electron chi connectivity index (χ4n) is 0.351. The van der Waals surface area contributed by atoms with E-state index in [1.165, 1.54) is 7.11 Å². The molecule has 1 heterocycles. The third-order valence-corrected chi connectivity index (χ3v) is 0.703. The largest absolute Gasteiger partial charge is 0.452 e. The normalized spacial score (nSPS) is 9.00. The second-order valence-electron chi connectivity index (χ2n) is 1.24. The van der Waals surface area contributed by atoms with Crippen LogP contribution in [0.25, 0.3) is 0 Å². The molecule has 0 unspecified atom stereocenters. The molecule has 5 heteroatoms. The first-order valence-corrected chi connectivity index (χ1v) is 2.19. The first-order chi connectivity index (χ1) is 4.36. The van der Waals surface area contributed by atoms with Gasteiger partial charge in [0.15, 0.2) is 6.29 Å². The van der Waals surface area contributed by atoms with Crippen LogP contribution in [-0.4, -0.2) is 23.5 Å². The van der Waals surface area contributed by atoms with E-state index in [1.54, 1.807) is 0 Å². The van der Waals surface area contributed by atoms with E-state index in [0.29, 0.717) is 6.29 Å². The number of rotatable bonds is 2. The molecule has 0 aliphatic heterocycles. The Kier molecular flexibility index (Phi) is 1.44. The molecule has 5 nitrogen and oxygen atoms in total. The van der Waals surface area contributed by atoms with Gasteiger partial charge in [0.2, 0.25) is 5.82 Å². The lowest BCUT2D eigenvalue weighted by Gasteiger charge is -1.81. The number of methoxy groups -OCH3 is 1. The molecule has 0 aliphatic carbocycles. The zero-order valence-corrected chi connectivity index (χ0v) is 4.70. The lowest BCUT2D eigenvalue weighted by Crippen LogP contribution is -1.83. The summed E-state index contributed by atoms with van der Waals surface area (Å²) in [5, 5.41) is 3.23. The number of nitrogens with zero attached hydrogens (tertiary/aromatic N) is 2. The lowest BCUT2D eigenvalue weighted by molar-refractivity contribution is 0.111. The zero-order chi connectivity index (χ0) is 6.69. The van der Waals surface area contributed by atoms with Crippen molar-refractivity contribution in [2.75, 3.05) is 7.11 Å². The van der Waals surface area contributed by atoms with E-state index in [2.05, 4.69) is 19.4 Å². The van der Waals surface area contributed by atoms with E-state index in [0.717, 1.165) is 0 Å². The molecule has 1 aromatic heterocycles. The van der Waals surface area contributed by atoms with Gasteiger partial charge in [-0.3, -0.25) is 9.32 Å². The Morgan fingerprint density at radius 2 is 2.56 bits per heavy atom. The summed E-state index contributed by atoms with van der Waals surface area (Å²) >= 11 is 0. The van der Waals surface area contributed by atoms with Crippen LogP contribution in [0.2, 0.25) is 0 Å². The molecule has 9 heavy (non-hydrogen) atoms. The molecule has 0 bridgehead atoms. The number of aldehydes is 1. The lowest BCUT2D eigenvalue weighted by atomic mass is 10.7. The Bertz CT molecular complexity index is 207. The van der Waals surface area contributed by atoms with Crippen LogP contribution in [0.15, 0.2) is 4.52 Å². The first-order valence-electron chi connectivity index (χ1n) is 2.19. The molecule has 0 N–H and O–H groups in total. The summed E-state index contributed by atoms with van der Waals surface area (Å²) in [6.45, 7) is 0. The minimum absolute atomic E-state index is 0.00269. The maximum atomic E-state index is 9.90. The summed E-state index contributed by atoms with van der Waals surface area (Å²) in [7, 11) is 1.38. The summed E-state index contributed by atoms with van der Waals surface area (Å²) in [4.78, 5) is 13.4. The minimum atomic E-state index is -0.00755. The van der Waals surface area contributed by atoms with E-state index >= 15 is 0 Å². The zero-order valence-electron chi connectivity index (χ0n) is 4.70. The van der Waals surface area contributed by atoms with Gasteiger partial charge in [0.25, 0.3) is 0 Å². The molecule has 0 saturated heterocycles. The van der Waals surface area contributed by atoms with Crippen molar-refractivity contribution in [3.63, 3.8) is 0 Å². The third-order valence-electron chi connectivity index (χ3n) is 0.703. The molecule has 1 rings (SSSR count). The highest BCUT2D eigenvalue weighted by atomic mass is 16.6. The SMILES string of the molecule is COc1nc(C=O)no1. The van der Waals surface area contributed by atoms with Gasteiger partial charge in [-0.15, -0.1) is 4.98 Å². The van der Waals surface area contributed by atoms with Gasteiger partial charge >= 0.3 is 6.08 Å². The van der Waals surface area contributed by atoms with Crippen molar-refractivity contribution in [2.24, 2.45) is 0 Å². The van der Waals surface area contributed by atoms with Gasteiger partial charge < -0.3 is 4.74 Å². The van der Waals surface area contributed by atoms with Crippen molar-refractivity contribution in [1.29, 1.82) is 0 Å². The van der Waals surface area contributed by atoms with Gasteiger partial charge in [-0.2, -0.15) is 0 Å². The Labute approximate surface area is 50.6 Å². The molecule has 0 saturated carbocycles. The average Bonchev–Trinajstić information content (AvgIpc) is 2.34. The first kappa shape index (κ1) is 5.74. The molecular formula is C4H4N2O3. The van der Waals surface area contributed by atoms with Crippen molar-refractivity contribution in [3.05, 3.63) is 5.82 Å². The molecule has 1 aromatic rings. The number of ether oxygens (including phenoxy) is 1. The predicted octanol–water partition coefficient (Wildman–Crippen LogP) is -0.109. The van der Waals surface area contributed by atoms with Crippen LogP contribution in [0.5, 0.6) is 6.08 Å². The van der Waals surface area contributed by atoms with E-state index in [1.807, 2.05) is 0 Å². The summed E-state index contributed by atoms with van der Waals surface area (Å²) < 4.78 is 8.89. The molecule has 0 aromatic carbocycles. The van der Waals surface area contributed by atoms with Crippen molar-refractivity contribution in [3.8, 4) is 6.08 Å². The number of hydrogen-bond donors (Lipinski definition) is 0. The van der Waals surface area contributed by atoms with Crippen LogP contribution in [0.1, 0.15) is 10.6 Å². The fraction of sp³-hybridized carbons (Fsp3) is 0.250. The fourth-order valence-corrected chi connectivity index (χ4v) is 0.351. The molecule has 0 amide bonds. The molecule has 0 fully saturated rings. The van der Waals surface area contributed by atoms with Gasteiger partial charge in [-0.05, 0) is 0 Å². The number of hydrogen-bond acceptors (Lipinski definition) is 5. The predicted molar refractivity (Wildman–Crippen MR) is 26.2 cm³/mol. The van der Waals surface area contributed by atoms with E-state index in [-0.39, 0.29) is 11.9 Å². The van der Waals surface area contributed by atoms with Crippen LogP contribution in [0.4, 0.5) is 0 Å². The average molecular weight is 128 g/mol. The number of aromatic nitrogens is 2. The molecule has 48 valence electrons. The van der Waals surface area contributed by atoms with Gasteiger partial charge in [-0.1, -0.05) is 5.16 Å². The van der Waals surface area contributed by atoms with Gasteiger partial charge in [0.05, 0.1) is 7.11 Å². The van der Waals surface area contributed by atoms with Crippen LogP contribution in [0, 0.1) is 0 Å². The van der Waals surface area contributed by atoms with Crippen LogP contribution >= 0.6 is 0 Å². The van der Waals surface area contributed by atoms with E-state index in [9.17, 15) is 4.79 Å². The molecular weight excluding hydrogens is 124 g/mol. The van der Waals surface area contributed by atoms with E-state index < -0.39 is 0 Å². The Hall–Kier alpha value is -1.39. The third kappa shape index (κ3) is 1.04. The van der Waals surface area contributed by atoms with Crippen LogP contribution < -0.4 is 4.74 Å². The van der Waals surface area contributed by atoms with Gasteiger partial charge in [0.1, 0.15) is 0 Å². The van der Waals surface area contributed by atoms with Crippen molar-refractivity contribution in [2.45, 2.75) is 0 Å². The summed E-state index contributed by atoms with van der Waals surface area (Å²) in [5.41, 5.74) is 0. The summed E-state index contributed by atoms with van der Waals surface area (Å²) in [6.07, 6.45) is 0.476. The second kappa shape index (κ2) is 2.25. The highest BCUT2D eigenvalue weighted by Gasteiger charge is 2.01. The van der Waals surface area contributed by atoms with Gasteiger partial charge in [0, 0.05) is 0 Å². The monoisotopic (exact) mass is 128 g/mol. The number of carbonyl (C=O) groups is 1. The molecule has 0 radical (unpaired) electrons. The van der Waals surface area contributed by atoms with Crippen LogP contribution in [-0.2, 0) is 0 Å². The Morgan fingerprint density at radius 1 is 1.78 bits per heavy atom. The highest BCUT2D eigenvalue weighted by Crippen LogP contribution is 2.01. The summed E-state index contributed by atoms with van der Waals surface area (Å²) in [5.74, 6) is -0.00755. The summed E-state index contributed by atoms with van der Waals surface area (Å²) in [6, 6.07) is 0. The van der Waals surface area contributed by atoms with Crippen molar-refractivity contribution in [1.82, 2.24) is 10.1 Å². The molecule has 0 atom stereocenters. The molecule has 0 aliphatic rings. The smallest absolute Gasteiger partial charge is 0.417 e. The maximum absolute atomic E-state index is 9.90. The Morgan fingerprint density at radius 3 is 2.89 bits per heavy atom. The van der Waals surface area contributed by atoms with Crippen molar-refractivity contribution < 1.29 is 14.1 Å². The highest BCUT2D eigenvalue weighted by molar-refractivity contribution is 5.68. The Balaban J connectivity index is 2.86. The van der Waals surface area contributed by atoms with Crippen LogP contribution in [0.3, 0.4) is 0 Å². The van der Waals surface area contributed by atoms with Gasteiger partial charge in [-0.25, -0.2) is 0 Å². The quantitative estimate of drug-likeness (QED) is 0.520. The van der Waals surface area contributed by atoms with E-state index in [4.69, 9.17) is 0 Å². The van der Waals surface area contributed by atoms with Crippen molar-refractivity contribution >= 4 is 6.29 Å². The molecule has 0 spiro atoms. The minimum Gasteiger partial charge on any atom is -0.452 e. The standard InChI is InChI=1S/C4H4N2O3/c1-8-4-5-3(2-7)6-9-4/h2H,1H3. The topological polar surface area (TPSA) is 65.2 Å². The second-order valence-corrected chi connectivity index (χ2v) is 1.24. The maximum Gasteiger partial charge on any atom is 0.417 e.